The summed E-state index contributed by atoms with van der Waals surface area (Å²) in [4.78, 5) is 24.7. The second-order valence-electron chi connectivity index (χ2n) is 4.46. The van der Waals surface area contributed by atoms with E-state index in [-0.39, 0.29) is 0 Å². The molecular weight excluding hydrogens is 264 g/mol. The molecule has 0 heterocycles. The van der Waals surface area contributed by atoms with Crippen LogP contribution in [0.25, 0.3) is 0 Å². The van der Waals surface area contributed by atoms with Crippen molar-refractivity contribution < 1.29 is 24.2 Å². The first-order valence-corrected chi connectivity index (χ1v) is 6.82. The molecule has 1 unspecified atom stereocenters. The molecule has 0 aliphatic heterocycles. The van der Waals surface area contributed by atoms with E-state index in [9.17, 15) is 9.59 Å². The molecule has 0 aromatic rings. The fourth-order valence-electron chi connectivity index (χ4n) is 1.62. The van der Waals surface area contributed by atoms with Crippen molar-refractivity contribution in [3.05, 3.63) is 0 Å². The van der Waals surface area contributed by atoms with Gasteiger partial charge in [-0.15, -0.1) is 0 Å². The summed E-state index contributed by atoms with van der Waals surface area (Å²) >= 11 is 0. The van der Waals surface area contributed by atoms with Crippen LogP contribution >= 0.6 is 0 Å². The predicted octanol–water partition coefficient (Wildman–Crippen LogP) is 0.934. The molecule has 0 fully saturated rings. The zero-order chi connectivity index (χ0) is 15.4. The van der Waals surface area contributed by atoms with E-state index in [0.717, 1.165) is 12.8 Å². The largest absolute Gasteiger partial charge is 0.480 e. The lowest BCUT2D eigenvalue weighted by atomic mass is 10.1. The van der Waals surface area contributed by atoms with E-state index in [0.29, 0.717) is 32.7 Å². The summed E-state index contributed by atoms with van der Waals surface area (Å²) in [7, 11) is 3.10. The Balaban J connectivity index is 4.47. The molecule has 118 valence electrons. The molecular formula is C13H26N2O5. The van der Waals surface area contributed by atoms with Gasteiger partial charge < -0.3 is 24.8 Å². The average molecular weight is 290 g/mol. The molecule has 7 nitrogen and oxygen atoms in total. The number of carbonyl (C=O) groups is 2. The second kappa shape index (κ2) is 11.5. The summed E-state index contributed by atoms with van der Waals surface area (Å²) in [6.45, 7) is 3.55. The van der Waals surface area contributed by atoms with E-state index in [1.165, 1.54) is 4.90 Å². The van der Waals surface area contributed by atoms with Crippen molar-refractivity contribution in [1.29, 1.82) is 0 Å². The normalized spacial score (nSPS) is 11.9. The minimum absolute atomic E-state index is 0.393. The topological polar surface area (TPSA) is 88.1 Å². The number of carbonyl (C=O) groups excluding carboxylic acids is 1. The van der Waals surface area contributed by atoms with Crippen molar-refractivity contribution in [2.45, 2.75) is 32.2 Å². The molecule has 0 aromatic carbocycles. The lowest BCUT2D eigenvalue weighted by molar-refractivity contribution is -0.139. The van der Waals surface area contributed by atoms with E-state index >= 15 is 0 Å². The Morgan fingerprint density at radius 3 is 2.15 bits per heavy atom. The van der Waals surface area contributed by atoms with Gasteiger partial charge in [0, 0.05) is 27.3 Å². The van der Waals surface area contributed by atoms with Gasteiger partial charge in [-0.25, -0.2) is 9.59 Å². The number of carboxylic acid groups (broad SMARTS) is 1. The fraction of sp³-hybridized carbons (Fsp3) is 0.846. The molecule has 0 aromatic heterocycles. The maximum atomic E-state index is 12.1. The third kappa shape index (κ3) is 7.96. The lowest BCUT2D eigenvalue weighted by Gasteiger charge is -2.24. The number of unbranched alkanes of at least 4 members (excludes halogenated alkanes) is 1. The molecule has 0 aliphatic rings. The van der Waals surface area contributed by atoms with Crippen molar-refractivity contribution in [2.75, 3.05) is 40.5 Å². The Morgan fingerprint density at radius 1 is 1.20 bits per heavy atom. The SMILES string of the molecule is CCCCC(NC(=O)N(CCOC)CCOC)C(=O)O. The van der Waals surface area contributed by atoms with Crippen LogP contribution in [0.2, 0.25) is 0 Å². The van der Waals surface area contributed by atoms with Crippen LogP contribution in [0.5, 0.6) is 0 Å². The molecule has 2 N–H and O–H groups in total. The monoisotopic (exact) mass is 290 g/mol. The van der Waals surface area contributed by atoms with Crippen LogP contribution in [0.3, 0.4) is 0 Å². The highest BCUT2D eigenvalue weighted by Gasteiger charge is 2.22. The smallest absolute Gasteiger partial charge is 0.326 e. The van der Waals surface area contributed by atoms with Gasteiger partial charge in [-0.2, -0.15) is 0 Å². The van der Waals surface area contributed by atoms with Crippen LogP contribution in [0.15, 0.2) is 0 Å². The second-order valence-corrected chi connectivity index (χ2v) is 4.46. The van der Waals surface area contributed by atoms with E-state index < -0.39 is 18.0 Å². The Labute approximate surface area is 120 Å². The van der Waals surface area contributed by atoms with Gasteiger partial charge in [-0.05, 0) is 6.42 Å². The summed E-state index contributed by atoms with van der Waals surface area (Å²) in [6.07, 6.45) is 2.07. The van der Waals surface area contributed by atoms with Crippen LogP contribution in [0.1, 0.15) is 26.2 Å². The summed E-state index contributed by atoms with van der Waals surface area (Å²) in [6, 6.07) is -1.25. The van der Waals surface area contributed by atoms with Crippen LogP contribution in [0, 0.1) is 0 Å². The van der Waals surface area contributed by atoms with Crippen molar-refractivity contribution in [2.24, 2.45) is 0 Å². The molecule has 0 spiro atoms. The number of rotatable bonds is 11. The highest BCUT2D eigenvalue weighted by Crippen LogP contribution is 2.02. The van der Waals surface area contributed by atoms with E-state index in [1.807, 2.05) is 6.92 Å². The van der Waals surface area contributed by atoms with Gasteiger partial charge in [0.1, 0.15) is 6.04 Å². The van der Waals surface area contributed by atoms with Crippen molar-refractivity contribution in [3.63, 3.8) is 0 Å². The Bertz CT molecular complexity index is 278. The van der Waals surface area contributed by atoms with Crippen molar-refractivity contribution >= 4 is 12.0 Å². The van der Waals surface area contributed by atoms with E-state index in [2.05, 4.69) is 5.32 Å². The number of hydrogen-bond donors (Lipinski definition) is 2. The Kier molecular flexibility index (Phi) is 10.7. The number of urea groups is 1. The standard InChI is InChI=1S/C13H26N2O5/c1-4-5-6-11(12(16)17)14-13(18)15(7-9-19-2)8-10-20-3/h11H,4-10H2,1-3H3,(H,14,18)(H,16,17). The maximum Gasteiger partial charge on any atom is 0.326 e. The summed E-state index contributed by atoms with van der Waals surface area (Å²) in [5.74, 6) is -1.01. The van der Waals surface area contributed by atoms with Crippen LogP contribution in [-0.4, -0.2) is 68.6 Å². The first-order valence-electron chi connectivity index (χ1n) is 6.82. The van der Waals surface area contributed by atoms with Gasteiger partial charge in [0.25, 0.3) is 0 Å². The number of nitrogens with zero attached hydrogens (tertiary/aromatic N) is 1. The first-order chi connectivity index (χ1) is 9.56. The molecule has 0 aliphatic carbocycles. The van der Waals surface area contributed by atoms with Gasteiger partial charge in [-0.3, -0.25) is 0 Å². The van der Waals surface area contributed by atoms with Gasteiger partial charge >= 0.3 is 12.0 Å². The van der Waals surface area contributed by atoms with Crippen LogP contribution in [0.4, 0.5) is 4.79 Å². The first kappa shape index (κ1) is 18.7. The van der Waals surface area contributed by atoms with Gasteiger partial charge in [0.15, 0.2) is 0 Å². The van der Waals surface area contributed by atoms with E-state index in [4.69, 9.17) is 14.6 Å². The van der Waals surface area contributed by atoms with E-state index in [1.54, 1.807) is 14.2 Å². The van der Waals surface area contributed by atoms with Gasteiger partial charge in [0.2, 0.25) is 0 Å². The van der Waals surface area contributed by atoms with Crippen molar-refractivity contribution in [3.8, 4) is 0 Å². The molecule has 0 saturated heterocycles. The third-order valence-corrected chi connectivity index (χ3v) is 2.86. The Hall–Kier alpha value is -1.34. The van der Waals surface area contributed by atoms with Crippen LogP contribution in [-0.2, 0) is 14.3 Å². The lowest BCUT2D eigenvalue weighted by Crippen LogP contribution is -2.49. The Morgan fingerprint density at radius 2 is 1.75 bits per heavy atom. The zero-order valence-electron chi connectivity index (χ0n) is 12.6. The molecule has 0 radical (unpaired) electrons. The number of aliphatic carboxylic acids is 1. The molecule has 0 rings (SSSR count). The fourth-order valence-corrected chi connectivity index (χ4v) is 1.62. The summed E-state index contributed by atoms with van der Waals surface area (Å²) < 4.78 is 9.88. The molecule has 7 heteroatoms. The number of carboxylic acids is 1. The number of methoxy groups -OCH3 is 2. The van der Waals surface area contributed by atoms with Gasteiger partial charge in [-0.1, -0.05) is 19.8 Å². The summed E-state index contributed by atoms with van der Waals surface area (Å²) in [5.41, 5.74) is 0. The van der Waals surface area contributed by atoms with Gasteiger partial charge in [0.05, 0.1) is 13.2 Å². The molecule has 20 heavy (non-hydrogen) atoms. The molecule has 1 atom stereocenters. The molecule has 2 amide bonds. The zero-order valence-corrected chi connectivity index (χ0v) is 12.6. The maximum absolute atomic E-state index is 12.1. The number of hydrogen-bond acceptors (Lipinski definition) is 4. The average Bonchev–Trinajstić information content (AvgIpc) is 2.43. The predicted molar refractivity (Wildman–Crippen MR) is 74.8 cm³/mol. The number of amides is 2. The minimum Gasteiger partial charge on any atom is -0.480 e. The summed E-state index contributed by atoms with van der Waals surface area (Å²) in [5, 5.41) is 11.6. The van der Waals surface area contributed by atoms with Crippen LogP contribution < -0.4 is 5.32 Å². The minimum atomic E-state index is -1.01. The third-order valence-electron chi connectivity index (χ3n) is 2.86. The van der Waals surface area contributed by atoms with Crippen molar-refractivity contribution in [1.82, 2.24) is 10.2 Å². The quantitative estimate of drug-likeness (QED) is 0.591. The molecule has 0 bridgehead atoms. The number of ether oxygens (including phenoxy) is 2. The highest BCUT2D eigenvalue weighted by atomic mass is 16.5. The highest BCUT2D eigenvalue weighted by molar-refractivity contribution is 5.82. The molecule has 0 saturated carbocycles. The number of nitrogens with one attached hydrogen (secondary N) is 1.